The molecule has 0 aliphatic rings. The van der Waals surface area contributed by atoms with Crippen molar-refractivity contribution in [3.05, 3.63) is 90.0 Å². The van der Waals surface area contributed by atoms with Crippen LogP contribution in [0.5, 0.6) is 5.75 Å². The summed E-state index contributed by atoms with van der Waals surface area (Å²) in [4.78, 5) is 13.0. The number of nitrogens with zero attached hydrogens (tertiary/aromatic N) is 1. The zero-order chi connectivity index (χ0) is 24.4. The Morgan fingerprint density at radius 2 is 1.53 bits per heavy atom. The minimum absolute atomic E-state index is 0.154. The van der Waals surface area contributed by atoms with Gasteiger partial charge in [0.25, 0.3) is 10.0 Å². The minimum atomic E-state index is -3.91. The number of ether oxygens (including phenoxy) is 1. The van der Waals surface area contributed by atoms with Gasteiger partial charge in [0.1, 0.15) is 12.3 Å². The van der Waals surface area contributed by atoms with E-state index in [4.69, 9.17) is 4.74 Å². The number of aryl methyl sites for hydroxylation is 2. The molecule has 0 aliphatic heterocycles. The van der Waals surface area contributed by atoms with Crippen LogP contribution in [0.15, 0.2) is 83.8 Å². The SMILES string of the molecule is CCOc1ccccc1CCCNC(=O)CN(c1ccccc1CC)S(=O)(=O)c1ccccc1. The maximum absolute atomic E-state index is 13.5. The van der Waals surface area contributed by atoms with Crippen molar-refractivity contribution in [3.8, 4) is 5.75 Å². The van der Waals surface area contributed by atoms with Crippen LogP contribution >= 0.6 is 0 Å². The summed E-state index contributed by atoms with van der Waals surface area (Å²) in [5.41, 5.74) is 2.47. The van der Waals surface area contributed by atoms with Gasteiger partial charge in [0.05, 0.1) is 17.2 Å². The van der Waals surface area contributed by atoms with Crippen LogP contribution in [0, 0.1) is 0 Å². The van der Waals surface area contributed by atoms with Crippen LogP contribution < -0.4 is 14.4 Å². The summed E-state index contributed by atoms with van der Waals surface area (Å²) in [6.45, 7) is 4.66. The molecule has 3 rings (SSSR count). The molecule has 0 aromatic heterocycles. The number of amides is 1. The van der Waals surface area contributed by atoms with Gasteiger partial charge in [-0.3, -0.25) is 9.10 Å². The number of hydrogen-bond acceptors (Lipinski definition) is 4. The lowest BCUT2D eigenvalue weighted by Gasteiger charge is -2.26. The first-order valence-corrected chi connectivity index (χ1v) is 13.0. The van der Waals surface area contributed by atoms with Crippen molar-refractivity contribution < 1.29 is 17.9 Å². The van der Waals surface area contributed by atoms with E-state index in [0.29, 0.717) is 31.7 Å². The molecule has 0 saturated carbocycles. The maximum Gasteiger partial charge on any atom is 0.264 e. The summed E-state index contributed by atoms with van der Waals surface area (Å²) in [6.07, 6.45) is 2.12. The second-order valence-corrected chi connectivity index (χ2v) is 9.66. The topological polar surface area (TPSA) is 75.7 Å². The molecule has 0 radical (unpaired) electrons. The zero-order valence-electron chi connectivity index (χ0n) is 19.7. The first-order chi connectivity index (χ1) is 16.5. The number of carbonyl (C=O) groups is 1. The van der Waals surface area contributed by atoms with E-state index in [0.717, 1.165) is 23.3 Å². The van der Waals surface area contributed by atoms with Crippen molar-refractivity contribution in [2.45, 2.75) is 38.0 Å². The maximum atomic E-state index is 13.5. The van der Waals surface area contributed by atoms with E-state index in [1.165, 1.54) is 4.31 Å². The Hall–Kier alpha value is -3.32. The molecule has 3 aromatic carbocycles. The highest BCUT2D eigenvalue weighted by Crippen LogP contribution is 2.27. The molecular weight excluding hydrogens is 448 g/mol. The minimum Gasteiger partial charge on any atom is -0.494 e. The molecule has 0 heterocycles. The summed E-state index contributed by atoms with van der Waals surface area (Å²) in [7, 11) is -3.91. The van der Waals surface area contributed by atoms with Gasteiger partial charge < -0.3 is 10.1 Å². The van der Waals surface area contributed by atoms with Crippen LogP contribution in [0.3, 0.4) is 0 Å². The van der Waals surface area contributed by atoms with Gasteiger partial charge in [-0.05, 0) is 61.6 Å². The smallest absolute Gasteiger partial charge is 0.264 e. The van der Waals surface area contributed by atoms with Gasteiger partial charge >= 0.3 is 0 Å². The molecule has 0 bridgehead atoms. The molecule has 1 amide bonds. The number of nitrogens with one attached hydrogen (secondary N) is 1. The van der Waals surface area contributed by atoms with Gasteiger partial charge in [0.15, 0.2) is 0 Å². The fourth-order valence-electron chi connectivity index (χ4n) is 3.77. The molecule has 180 valence electrons. The van der Waals surface area contributed by atoms with Crippen LogP contribution in [-0.4, -0.2) is 34.0 Å². The quantitative estimate of drug-likeness (QED) is 0.385. The van der Waals surface area contributed by atoms with Crippen molar-refractivity contribution in [2.24, 2.45) is 0 Å². The van der Waals surface area contributed by atoms with Crippen LogP contribution in [0.25, 0.3) is 0 Å². The van der Waals surface area contributed by atoms with Crippen LogP contribution in [0.1, 0.15) is 31.4 Å². The number of benzene rings is 3. The number of rotatable bonds is 12. The summed E-state index contributed by atoms with van der Waals surface area (Å²) >= 11 is 0. The van der Waals surface area contributed by atoms with Crippen LogP contribution in [0.2, 0.25) is 0 Å². The van der Waals surface area contributed by atoms with Gasteiger partial charge in [-0.25, -0.2) is 8.42 Å². The summed E-state index contributed by atoms with van der Waals surface area (Å²) < 4.78 is 33.8. The molecule has 7 heteroatoms. The van der Waals surface area contributed by atoms with Crippen molar-refractivity contribution in [3.63, 3.8) is 0 Å². The third-order valence-electron chi connectivity index (χ3n) is 5.48. The second kappa shape index (κ2) is 12.2. The second-order valence-electron chi connectivity index (χ2n) is 7.80. The van der Waals surface area contributed by atoms with E-state index < -0.39 is 10.0 Å². The fraction of sp³-hybridized carbons (Fsp3) is 0.296. The van der Waals surface area contributed by atoms with Gasteiger partial charge in [0.2, 0.25) is 5.91 Å². The Morgan fingerprint density at radius 1 is 0.882 bits per heavy atom. The Morgan fingerprint density at radius 3 is 2.24 bits per heavy atom. The van der Waals surface area contributed by atoms with E-state index in [1.807, 2.05) is 50.2 Å². The van der Waals surface area contributed by atoms with Crippen molar-refractivity contribution >= 4 is 21.6 Å². The summed E-state index contributed by atoms with van der Waals surface area (Å²) in [5.74, 6) is 0.510. The van der Waals surface area contributed by atoms with E-state index in [-0.39, 0.29) is 17.3 Å². The van der Waals surface area contributed by atoms with Crippen molar-refractivity contribution in [1.82, 2.24) is 5.32 Å². The molecule has 0 aliphatic carbocycles. The highest BCUT2D eigenvalue weighted by atomic mass is 32.2. The Kier molecular flexibility index (Phi) is 9.10. The molecule has 0 fully saturated rings. The monoisotopic (exact) mass is 480 g/mol. The van der Waals surface area contributed by atoms with Crippen molar-refractivity contribution in [1.29, 1.82) is 0 Å². The molecule has 3 aromatic rings. The molecule has 6 nitrogen and oxygen atoms in total. The predicted octanol–water partition coefficient (Wildman–Crippen LogP) is 4.59. The molecule has 0 unspecified atom stereocenters. The van der Waals surface area contributed by atoms with Crippen molar-refractivity contribution in [2.75, 3.05) is 24.0 Å². The predicted molar refractivity (Wildman–Crippen MR) is 136 cm³/mol. The van der Waals surface area contributed by atoms with Gasteiger partial charge in [-0.15, -0.1) is 0 Å². The average molecular weight is 481 g/mol. The standard InChI is InChI=1S/C27H32N2O4S/c1-3-22-13-8-10-18-25(22)29(34(31,32)24-16-6-5-7-17-24)21-27(30)28-20-12-15-23-14-9-11-19-26(23)33-4-2/h5-11,13-14,16-19H,3-4,12,15,20-21H2,1-2H3,(H,28,30). The van der Waals surface area contributed by atoms with Crippen LogP contribution in [0.4, 0.5) is 5.69 Å². The van der Waals surface area contributed by atoms with E-state index >= 15 is 0 Å². The van der Waals surface area contributed by atoms with E-state index in [9.17, 15) is 13.2 Å². The highest BCUT2D eigenvalue weighted by Gasteiger charge is 2.28. The Balaban J connectivity index is 1.71. The molecule has 0 spiro atoms. The number of carbonyl (C=O) groups excluding carboxylic acids is 1. The fourth-order valence-corrected chi connectivity index (χ4v) is 5.25. The molecule has 0 saturated heterocycles. The third-order valence-corrected chi connectivity index (χ3v) is 7.25. The van der Waals surface area contributed by atoms with Gasteiger partial charge in [-0.1, -0.05) is 61.5 Å². The first kappa shape index (κ1) is 25.3. The Labute approximate surface area is 202 Å². The average Bonchev–Trinajstić information content (AvgIpc) is 2.86. The lowest BCUT2D eigenvalue weighted by molar-refractivity contribution is -0.119. The molecule has 0 atom stereocenters. The molecule has 34 heavy (non-hydrogen) atoms. The largest absolute Gasteiger partial charge is 0.494 e. The van der Waals surface area contributed by atoms with Gasteiger partial charge in [-0.2, -0.15) is 0 Å². The zero-order valence-corrected chi connectivity index (χ0v) is 20.6. The number of sulfonamides is 1. The lowest BCUT2D eigenvalue weighted by Crippen LogP contribution is -2.41. The summed E-state index contributed by atoms with van der Waals surface area (Å²) in [5, 5.41) is 2.88. The normalized spacial score (nSPS) is 11.1. The molecular formula is C27H32N2O4S. The number of anilines is 1. The van der Waals surface area contributed by atoms with Crippen LogP contribution in [-0.2, 0) is 27.7 Å². The number of hydrogen-bond donors (Lipinski definition) is 1. The summed E-state index contributed by atoms with van der Waals surface area (Å²) in [6, 6.07) is 23.4. The highest BCUT2D eigenvalue weighted by molar-refractivity contribution is 7.92. The number of para-hydroxylation sites is 2. The van der Waals surface area contributed by atoms with Gasteiger partial charge in [0, 0.05) is 6.54 Å². The Bertz CT molecular complexity index is 1180. The first-order valence-electron chi connectivity index (χ1n) is 11.6. The van der Waals surface area contributed by atoms with E-state index in [2.05, 4.69) is 5.32 Å². The lowest BCUT2D eigenvalue weighted by atomic mass is 10.1. The molecule has 1 N–H and O–H groups in total. The third kappa shape index (κ3) is 6.38. The van der Waals surface area contributed by atoms with E-state index in [1.54, 1.807) is 42.5 Å².